The van der Waals surface area contributed by atoms with E-state index in [1.165, 1.54) is 0 Å². The van der Waals surface area contributed by atoms with E-state index in [1.54, 1.807) is 31.2 Å². The van der Waals surface area contributed by atoms with Gasteiger partial charge in [-0.3, -0.25) is 4.79 Å². The maximum atomic E-state index is 12.2. The first kappa shape index (κ1) is 17.7. The highest BCUT2D eigenvalue weighted by Crippen LogP contribution is 2.17. The Hall–Kier alpha value is -2.68. The largest absolute Gasteiger partial charge is 0.392 e. The molecule has 2 unspecified atom stereocenters. The lowest BCUT2D eigenvalue weighted by Crippen LogP contribution is -2.27. The number of hydrogen-bond donors (Lipinski definition) is 3. The second-order valence-corrected chi connectivity index (χ2v) is 5.74. The van der Waals surface area contributed by atoms with Crippen LogP contribution in [0, 0.1) is 11.3 Å². The fraction of sp³-hybridized carbons (Fsp3) is 0.263. The Balaban J connectivity index is 1.97. The van der Waals surface area contributed by atoms with Crippen LogP contribution in [0.2, 0.25) is 0 Å². The summed E-state index contributed by atoms with van der Waals surface area (Å²) < 4.78 is 0. The molecule has 0 bridgehead atoms. The molecular weight excluding hydrogens is 302 g/mol. The molecule has 0 saturated carbocycles. The quantitative estimate of drug-likeness (QED) is 0.763. The van der Waals surface area contributed by atoms with Crippen LogP contribution in [-0.2, 0) is 0 Å². The van der Waals surface area contributed by atoms with Crippen LogP contribution in [0.3, 0.4) is 0 Å². The molecule has 0 radical (unpaired) electrons. The predicted octanol–water partition coefficient (Wildman–Crippen LogP) is 2.84. The highest BCUT2D eigenvalue weighted by Gasteiger charge is 2.08. The van der Waals surface area contributed by atoms with Crippen molar-refractivity contribution in [1.29, 1.82) is 5.26 Å². The molecule has 2 atom stereocenters. The summed E-state index contributed by atoms with van der Waals surface area (Å²) in [5.74, 6) is -0.215. The van der Waals surface area contributed by atoms with Crippen LogP contribution in [0.5, 0.6) is 0 Å². The van der Waals surface area contributed by atoms with E-state index in [4.69, 9.17) is 5.26 Å². The molecule has 0 aliphatic rings. The van der Waals surface area contributed by atoms with E-state index in [2.05, 4.69) is 10.6 Å². The summed E-state index contributed by atoms with van der Waals surface area (Å²) in [4.78, 5) is 12.2. The van der Waals surface area contributed by atoms with E-state index in [0.29, 0.717) is 23.4 Å². The van der Waals surface area contributed by atoms with Gasteiger partial charge in [-0.05, 0) is 55.8 Å². The minimum absolute atomic E-state index is 0.114. The van der Waals surface area contributed by atoms with Crippen LogP contribution in [0.25, 0.3) is 0 Å². The number of carbonyl (C=O) groups is 1. The topological polar surface area (TPSA) is 85.2 Å². The Morgan fingerprint density at radius 2 is 1.75 bits per heavy atom. The fourth-order valence-electron chi connectivity index (χ4n) is 2.22. The first-order valence-electron chi connectivity index (χ1n) is 7.82. The first-order valence-corrected chi connectivity index (χ1v) is 7.82. The molecule has 5 heteroatoms. The first-order chi connectivity index (χ1) is 11.5. The molecule has 0 saturated heterocycles. The summed E-state index contributed by atoms with van der Waals surface area (Å²) in [7, 11) is 0. The van der Waals surface area contributed by atoms with Gasteiger partial charge < -0.3 is 15.7 Å². The van der Waals surface area contributed by atoms with Crippen molar-refractivity contribution in [1.82, 2.24) is 5.32 Å². The van der Waals surface area contributed by atoms with E-state index < -0.39 is 6.10 Å². The van der Waals surface area contributed by atoms with Crippen LogP contribution >= 0.6 is 0 Å². The van der Waals surface area contributed by atoms with Gasteiger partial charge in [0.1, 0.15) is 0 Å². The summed E-state index contributed by atoms with van der Waals surface area (Å²) in [6.45, 7) is 4.28. The monoisotopic (exact) mass is 323 g/mol. The highest BCUT2D eigenvalue weighted by atomic mass is 16.3. The Bertz CT molecular complexity index is 716. The number of aliphatic hydroxyl groups is 1. The van der Waals surface area contributed by atoms with Gasteiger partial charge in [0.15, 0.2) is 0 Å². The summed E-state index contributed by atoms with van der Waals surface area (Å²) in [6.07, 6.45) is -0.390. The van der Waals surface area contributed by atoms with Crippen molar-refractivity contribution in [3.05, 3.63) is 65.2 Å². The van der Waals surface area contributed by atoms with Gasteiger partial charge in [-0.1, -0.05) is 12.1 Å². The molecule has 2 aromatic rings. The SMILES string of the molecule is CC(O)CNC(C)c1ccc(NC(=O)c2ccc(C#N)cc2)cc1. The van der Waals surface area contributed by atoms with Gasteiger partial charge in [-0.15, -0.1) is 0 Å². The summed E-state index contributed by atoms with van der Waals surface area (Å²) >= 11 is 0. The fourth-order valence-corrected chi connectivity index (χ4v) is 2.22. The number of nitrogens with one attached hydrogen (secondary N) is 2. The van der Waals surface area contributed by atoms with Gasteiger partial charge in [0.25, 0.3) is 5.91 Å². The van der Waals surface area contributed by atoms with Crippen molar-refractivity contribution < 1.29 is 9.90 Å². The van der Waals surface area contributed by atoms with Crippen LogP contribution in [0.4, 0.5) is 5.69 Å². The zero-order chi connectivity index (χ0) is 17.5. The summed E-state index contributed by atoms with van der Waals surface area (Å²) in [6, 6.07) is 16.2. The standard InChI is InChI=1S/C19H21N3O2/c1-13(23)12-21-14(2)16-7-9-18(10-8-16)22-19(24)17-5-3-15(11-20)4-6-17/h3-10,13-14,21,23H,12H2,1-2H3,(H,22,24). The van der Waals surface area contributed by atoms with Crippen molar-refractivity contribution >= 4 is 11.6 Å². The van der Waals surface area contributed by atoms with Gasteiger partial charge >= 0.3 is 0 Å². The highest BCUT2D eigenvalue weighted by molar-refractivity contribution is 6.04. The second kappa shape index (κ2) is 8.25. The Kier molecular flexibility index (Phi) is 6.07. The third kappa shape index (κ3) is 4.92. The number of nitrogens with zero attached hydrogens (tertiary/aromatic N) is 1. The molecule has 0 fully saturated rings. The molecule has 0 aliphatic carbocycles. The van der Waals surface area contributed by atoms with Gasteiger partial charge in [-0.2, -0.15) is 5.26 Å². The normalized spacial score (nSPS) is 12.9. The van der Waals surface area contributed by atoms with Crippen LogP contribution in [0.15, 0.2) is 48.5 Å². The predicted molar refractivity (Wildman–Crippen MR) is 93.7 cm³/mol. The molecule has 0 aromatic heterocycles. The number of anilines is 1. The molecular formula is C19H21N3O2. The van der Waals surface area contributed by atoms with E-state index >= 15 is 0 Å². The van der Waals surface area contributed by atoms with Crippen LogP contribution in [-0.4, -0.2) is 23.7 Å². The number of rotatable bonds is 6. The molecule has 1 amide bonds. The maximum Gasteiger partial charge on any atom is 0.255 e. The van der Waals surface area contributed by atoms with Crippen LogP contribution < -0.4 is 10.6 Å². The minimum Gasteiger partial charge on any atom is -0.392 e. The third-order valence-corrected chi connectivity index (χ3v) is 3.66. The molecule has 24 heavy (non-hydrogen) atoms. The molecule has 5 nitrogen and oxygen atoms in total. The Morgan fingerprint density at radius 3 is 2.29 bits per heavy atom. The van der Waals surface area contributed by atoms with Crippen molar-refractivity contribution in [2.75, 3.05) is 11.9 Å². The lowest BCUT2D eigenvalue weighted by Gasteiger charge is -2.16. The zero-order valence-corrected chi connectivity index (χ0v) is 13.8. The van der Waals surface area contributed by atoms with Crippen LogP contribution in [0.1, 0.15) is 41.4 Å². The lowest BCUT2D eigenvalue weighted by molar-refractivity contribution is 0.102. The molecule has 0 spiro atoms. The molecule has 124 valence electrons. The third-order valence-electron chi connectivity index (χ3n) is 3.66. The Labute approximate surface area is 141 Å². The number of benzene rings is 2. The number of amides is 1. The zero-order valence-electron chi connectivity index (χ0n) is 13.8. The van der Waals surface area contributed by atoms with E-state index in [1.807, 2.05) is 37.3 Å². The molecule has 2 aromatic carbocycles. The number of hydrogen-bond acceptors (Lipinski definition) is 4. The summed E-state index contributed by atoms with van der Waals surface area (Å²) in [5.41, 5.74) is 2.81. The van der Waals surface area contributed by atoms with Crippen molar-refractivity contribution in [3.8, 4) is 6.07 Å². The second-order valence-electron chi connectivity index (χ2n) is 5.74. The molecule has 0 aliphatic heterocycles. The Morgan fingerprint density at radius 1 is 1.12 bits per heavy atom. The average Bonchev–Trinajstić information content (AvgIpc) is 2.60. The van der Waals surface area contributed by atoms with Crippen molar-refractivity contribution in [3.63, 3.8) is 0 Å². The molecule has 3 N–H and O–H groups in total. The van der Waals surface area contributed by atoms with E-state index in [0.717, 1.165) is 5.56 Å². The molecule has 0 heterocycles. The van der Waals surface area contributed by atoms with E-state index in [-0.39, 0.29) is 11.9 Å². The smallest absolute Gasteiger partial charge is 0.255 e. The average molecular weight is 323 g/mol. The van der Waals surface area contributed by atoms with Crippen molar-refractivity contribution in [2.45, 2.75) is 26.0 Å². The van der Waals surface area contributed by atoms with Gasteiger partial charge in [0.05, 0.1) is 17.7 Å². The number of aliphatic hydroxyl groups excluding tert-OH is 1. The maximum absolute atomic E-state index is 12.2. The van der Waals surface area contributed by atoms with Gasteiger partial charge in [-0.25, -0.2) is 0 Å². The minimum atomic E-state index is -0.390. The lowest BCUT2D eigenvalue weighted by atomic mass is 10.1. The van der Waals surface area contributed by atoms with Crippen molar-refractivity contribution in [2.24, 2.45) is 0 Å². The number of carbonyl (C=O) groups excluding carboxylic acids is 1. The van der Waals surface area contributed by atoms with Gasteiger partial charge in [0, 0.05) is 23.8 Å². The molecule has 2 rings (SSSR count). The summed E-state index contributed by atoms with van der Waals surface area (Å²) in [5, 5.41) is 24.1. The van der Waals surface area contributed by atoms with E-state index in [9.17, 15) is 9.90 Å². The van der Waals surface area contributed by atoms with Gasteiger partial charge in [0.2, 0.25) is 0 Å². The number of nitriles is 1.